The van der Waals surface area contributed by atoms with Crippen LogP contribution in [-0.2, 0) is 4.74 Å². The van der Waals surface area contributed by atoms with Gasteiger partial charge in [0, 0.05) is 52.4 Å². The second-order valence-electron chi connectivity index (χ2n) is 6.32. The second-order valence-corrected chi connectivity index (χ2v) is 6.32. The molecule has 0 aromatic heterocycles. The molecular formula is C16H24N4O4. The summed E-state index contributed by atoms with van der Waals surface area (Å²) >= 11 is 0. The maximum atomic E-state index is 12.1. The highest BCUT2D eigenvalue weighted by molar-refractivity contribution is 5.77. The molecule has 2 fully saturated rings. The first-order valence-corrected chi connectivity index (χ1v) is 8.46. The van der Waals surface area contributed by atoms with E-state index in [4.69, 9.17) is 4.74 Å². The van der Waals surface area contributed by atoms with Crippen molar-refractivity contribution in [1.29, 1.82) is 0 Å². The molecule has 2 aliphatic rings. The van der Waals surface area contributed by atoms with Gasteiger partial charge in [0.15, 0.2) is 0 Å². The number of carbonyl (C=O) groups is 1. The minimum Gasteiger partial charge on any atom is -0.450 e. The molecule has 1 aromatic rings. The summed E-state index contributed by atoms with van der Waals surface area (Å²) in [5, 5.41) is 0. The highest BCUT2D eigenvalue weighted by Gasteiger charge is 2.33. The maximum absolute atomic E-state index is 12.1. The smallest absolute Gasteiger partial charge is 0.409 e. The van der Waals surface area contributed by atoms with Crippen LogP contribution in [0.1, 0.15) is 6.92 Å². The van der Waals surface area contributed by atoms with Crippen molar-refractivity contribution in [1.82, 2.24) is 9.80 Å². The van der Waals surface area contributed by atoms with Crippen LogP contribution in [0.25, 0.3) is 0 Å². The van der Waals surface area contributed by atoms with Gasteiger partial charge in [-0.05, 0) is 14.0 Å². The van der Waals surface area contributed by atoms with Gasteiger partial charge in [-0.2, -0.15) is 0 Å². The van der Waals surface area contributed by atoms with Crippen LogP contribution in [0.15, 0.2) is 9.59 Å². The van der Waals surface area contributed by atoms with Crippen LogP contribution in [0.2, 0.25) is 0 Å². The molecule has 8 heteroatoms. The van der Waals surface area contributed by atoms with Gasteiger partial charge in [-0.15, -0.1) is 0 Å². The predicted octanol–water partition coefficient (Wildman–Crippen LogP) is -0.687. The Morgan fingerprint density at radius 1 is 0.875 bits per heavy atom. The summed E-state index contributed by atoms with van der Waals surface area (Å²) in [6.07, 6.45) is -0.318. The van der Waals surface area contributed by atoms with Gasteiger partial charge in [-0.1, -0.05) is 0 Å². The Bertz CT molecular complexity index is 666. The summed E-state index contributed by atoms with van der Waals surface area (Å²) in [6.45, 7) is 7.51. The van der Waals surface area contributed by atoms with E-state index in [-0.39, 0.29) is 11.5 Å². The van der Waals surface area contributed by atoms with E-state index in [1.54, 1.807) is 11.8 Å². The molecule has 8 nitrogen and oxygen atoms in total. The Morgan fingerprint density at radius 2 is 1.33 bits per heavy atom. The molecule has 0 aliphatic carbocycles. The summed E-state index contributed by atoms with van der Waals surface area (Å²) < 4.78 is 5.00. The van der Waals surface area contributed by atoms with Crippen molar-refractivity contribution in [3.63, 3.8) is 0 Å². The summed E-state index contributed by atoms with van der Waals surface area (Å²) in [4.78, 5) is 43.8. The Morgan fingerprint density at radius 3 is 1.79 bits per heavy atom. The number of hydrogen-bond acceptors (Lipinski definition) is 7. The molecule has 1 aromatic carbocycles. The molecule has 2 heterocycles. The van der Waals surface area contributed by atoms with Gasteiger partial charge >= 0.3 is 6.09 Å². The van der Waals surface area contributed by atoms with E-state index in [0.29, 0.717) is 44.2 Å². The van der Waals surface area contributed by atoms with E-state index in [1.165, 1.54) is 0 Å². The molecule has 24 heavy (non-hydrogen) atoms. The lowest BCUT2D eigenvalue weighted by atomic mass is 10.1. The molecule has 0 bridgehead atoms. The molecule has 1 amide bonds. The average molecular weight is 336 g/mol. The summed E-state index contributed by atoms with van der Waals surface area (Å²) in [5.41, 5.74) is 0.335. The number of piperazine rings is 2. The molecular weight excluding hydrogens is 312 g/mol. The van der Waals surface area contributed by atoms with E-state index < -0.39 is 5.43 Å². The largest absolute Gasteiger partial charge is 0.450 e. The lowest BCUT2D eigenvalue weighted by molar-refractivity contribution is 0.105. The number of hydrogen-bond donors (Lipinski definition) is 0. The third kappa shape index (κ3) is 2.98. The number of anilines is 2. The zero-order chi connectivity index (χ0) is 17.3. The maximum Gasteiger partial charge on any atom is 0.409 e. The summed E-state index contributed by atoms with van der Waals surface area (Å²) in [7, 11) is 2.05. The molecule has 0 atom stereocenters. The van der Waals surface area contributed by atoms with Crippen LogP contribution in [0.4, 0.5) is 16.2 Å². The SMILES string of the molecule is CCOC(=O)N1CCN(c2c(N3CCN(C)CC3)c(=O)c2=O)CC1. The Labute approximate surface area is 140 Å². The lowest BCUT2D eigenvalue weighted by Crippen LogP contribution is -2.55. The number of likely N-dealkylation sites (N-methyl/N-ethyl adjacent to an activating group) is 1. The van der Waals surface area contributed by atoms with E-state index in [9.17, 15) is 14.4 Å². The zero-order valence-corrected chi connectivity index (χ0v) is 14.3. The average Bonchev–Trinajstić information content (AvgIpc) is 2.60. The minimum absolute atomic E-state index is 0.318. The molecule has 0 spiro atoms. The van der Waals surface area contributed by atoms with Gasteiger partial charge < -0.3 is 24.3 Å². The molecule has 2 saturated heterocycles. The Kier molecular flexibility index (Phi) is 4.75. The predicted molar refractivity (Wildman–Crippen MR) is 91.9 cm³/mol. The number of amides is 1. The van der Waals surface area contributed by atoms with E-state index in [2.05, 4.69) is 11.9 Å². The number of rotatable bonds is 3. The van der Waals surface area contributed by atoms with Crippen LogP contribution in [-0.4, -0.2) is 81.9 Å². The van der Waals surface area contributed by atoms with Crippen molar-refractivity contribution in [2.45, 2.75) is 6.92 Å². The first kappa shape index (κ1) is 16.8. The minimum atomic E-state index is -0.395. The van der Waals surface area contributed by atoms with Crippen molar-refractivity contribution in [3.05, 3.63) is 20.4 Å². The standard InChI is InChI=1S/C16H24N4O4/c1-3-24-16(23)20-10-8-19(9-11-20)13-12(14(21)15(13)22)18-6-4-17(2)5-7-18/h3-11H2,1-2H3. The van der Waals surface area contributed by atoms with Crippen LogP contribution >= 0.6 is 0 Å². The van der Waals surface area contributed by atoms with Gasteiger partial charge in [0.25, 0.3) is 10.9 Å². The van der Waals surface area contributed by atoms with Crippen molar-refractivity contribution >= 4 is 17.5 Å². The monoisotopic (exact) mass is 336 g/mol. The van der Waals surface area contributed by atoms with Crippen LogP contribution < -0.4 is 20.7 Å². The van der Waals surface area contributed by atoms with Crippen LogP contribution in [0.3, 0.4) is 0 Å². The van der Waals surface area contributed by atoms with Crippen molar-refractivity contribution in [2.24, 2.45) is 0 Å². The highest BCUT2D eigenvalue weighted by atomic mass is 16.6. The molecule has 132 valence electrons. The van der Waals surface area contributed by atoms with E-state index >= 15 is 0 Å². The highest BCUT2D eigenvalue weighted by Crippen LogP contribution is 2.26. The van der Waals surface area contributed by atoms with Gasteiger partial charge in [0.05, 0.1) is 6.61 Å². The quantitative estimate of drug-likeness (QED) is 0.677. The molecule has 0 N–H and O–H groups in total. The topological polar surface area (TPSA) is 73.4 Å². The van der Waals surface area contributed by atoms with Crippen LogP contribution in [0.5, 0.6) is 0 Å². The van der Waals surface area contributed by atoms with Crippen molar-refractivity contribution in [2.75, 3.05) is 75.8 Å². The molecule has 3 rings (SSSR count). The zero-order valence-electron chi connectivity index (χ0n) is 14.3. The molecule has 0 saturated carbocycles. The summed E-state index contributed by atoms with van der Waals surface area (Å²) in [5.74, 6) is 0. The number of nitrogens with zero attached hydrogens (tertiary/aromatic N) is 4. The second kappa shape index (κ2) is 6.80. The molecule has 0 unspecified atom stereocenters. The molecule has 2 aliphatic heterocycles. The Hall–Kier alpha value is -2.09. The third-order valence-corrected chi connectivity index (χ3v) is 4.80. The van der Waals surface area contributed by atoms with Gasteiger partial charge in [-0.25, -0.2) is 4.79 Å². The van der Waals surface area contributed by atoms with Gasteiger partial charge in [-0.3, -0.25) is 9.59 Å². The Balaban J connectivity index is 1.68. The van der Waals surface area contributed by atoms with Crippen molar-refractivity contribution < 1.29 is 9.53 Å². The lowest BCUT2D eigenvalue weighted by Gasteiger charge is -2.40. The number of carbonyl (C=O) groups excluding carboxylic acids is 1. The van der Waals surface area contributed by atoms with E-state index in [1.807, 2.05) is 9.80 Å². The van der Waals surface area contributed by atoms with Gasteiger partial charge in [0.2, 0.25) is 0 Å². The fourth-order valence-corrected chi connectivity index (χ4v) is 3.31. The first-order chi connectivity index (χ1) is 11.5. The van der Waals surface area contributed by atoms with Gasteiger partial charge in [0.1, 0.15) is 11.4 Å². The summed E-state index contributed by atoms with van der Waals surface area (Å²) in [6, 6.07) is 0. The first-order valence-electron chi connectivity index (χ1n) is 8.46. The fraction of sp³-hybridized carbons (Fsp3) is 0.688. The normalized spacial score (nSPS) is 19.8. The fourth-order valence-electron chi connectivity index (χ4n) is 3.31. The van der Waals surface area contributed by atoms with E-state index in [0.717, 1.165) is 26.2 Å². The van der Waals surface area contributed by atoms with Crippen LogP contribution in [0, 0.1) is 0 Å². The number of ether oxygens (including phenoxy) is 1. The molecule has 0 radical (unpaired) electrons. The third-order valence-electron chi connectivity index (χ3n) is 4.80. The van der Waals surface area contributed by atoms with Crippen molar-refractivity contribution in [3.8, 4) is 0 Å².